The minimum absolute atomic E-state index is 0.0565. The highest BCUT2D eigenvalue weighted by Crippen LogP contribution is 2.28. The maximum atomic E-state index is 13.6. The lowest BCUT2D eigenvalue weighted by Gasteiger charge is -2.00. The van der Waals surface area contributed by atoms with E-state index in [2.05, 4.69) is 6.58 Å². The summed E-state index contributed by atoms with van der Waals surface area (Å²) in [5, 5.41) is 0. The van der Waals surface area contributed by atoms with Crippen LogP contribution in [0.25, 0.3) is 12.2 Å². The van der Waals surface area contributed by atoms with E-state index in [1.54, 1.807) is 44.2 Å². The second-order valence-electron chi connectivity index (χ2n) is 9.54. The third-order valence-electron chi connectivity index (χ3n) is 6.49. The zero-order chi connectivity index (χ0) is 32.1. The molecule has 2 nitrogen and oxygen atoms in total. The molecule has 0 amide bonds. The number of ketones is 1. The van der Waals surface area contributed by atoms with Crippen molar-refractivity contribution in [1.29, 1.82) is 0 Å². The second kappa shape index (κ2) is 16.8. The Morgan fingerprint density at radius 1 is 0.744 bits per heavy atom. The van der Waals surface area contributed by atoms with Crippen LogP contribution in [0.4, 0.5) is 17.6 Å². The summed E-state index contributed by atoms with van der Waals surface area (Å²) in [4.78, 5) is 22.5. The zero-order valence-corrected chi connectivity index (χ0v) is 25.1. The molecule has 0 saturated heterocycles. The highest BCUT2D eigenvalue weighted by molar-refractivity contribution is 6.15. The molecule has 0 unspecified atom stereocenters. The monoisotopic (exact) mass is 588 g/mol. The lowest BCUT2D eigenvalue weighted by molar-refractivity contribution is 0.104. The SMILES string of the molecule is C=Cc1ccc(C=O)cc1.CC.CCc1cc(F)c(F)cc1F.Cc1ccc2c(c1)C/C(=C\c1ccc(C)c(F)c1)C2=O. The van der Waals surface area contributed by atoms with E-state index in [1.807, 2.05) is 57.2 Å². The minimum Gasteiger partial charge on any atom is -0.298 e. The first-order valence-electron chi connectivity index (χ1n) is 14.0. The van der Waals surface area contributed by atoms with Crippen molar-refractivity contribution < 1.29 is 27.2 Å². The van der Waals surface area contributed by atoms with Crippen molar-refractivity contribution in [2.45, 2.75) is 47.5 Å². The van der Waals surface area contributed by atoms with Crippen LogP contribution in [-0.4, -0.2) is 12.1 Å². The van der Waals surface area contributed by atoms with Crippen LogP contribution in [-0.2, 0) is 12.8 Å². The Labute approximate surface area is 251 Å². The Bertz CT molecular complexity index is 1580. The van der Waals surface area contributed by atoms with Gasteiger partial charge in [-0.15, -0.1) is 0 Å². The molecule has 0 fully saturated rings. The molecule has 0 bridgehead atoms. The molecule has 43 heavy (non-hydrogen) atoms. The Morgan fingerprint density at radius 3 is 1.93 bits per heavy atom. The van der Waals surface area contributed by atoms with E-state index in [0.29, 0.717) is 30.0 Å². The number of carbonyl (C=O) groups excluding carboxylic acids is 2. The van der Waals surface area contributed by atoms with Crippen molar-refractivity contribution in [2.75, 3.05) is 0 Å². The summed E-state index contributed by atoms with van der Waals surface area (Å²) in [5.74, 6) is -3.01. The van der Waals surface area contributed by atoms with Gasteiger partial charge in [-0.3, -0.25) is 9.59 Å². The van der Waals surface area contributed by atoms with Crippen LogP contribution in [0.3, 0.4) is 0 Å². The van der Waals surface area contributed by atoms with E-state index in [1.165, 1.54) is 6.07 Å². The van der Waals surface area contributed by atoms with Gasteiger partial charge in [0.2, 0.25) is 0 Å². The summed E-state index contributed by atoms with van der Waals surface area (Å²) in [5.41, 5.74) is 7.00. The van der Waals surface area contributed by atoms with Gasteiger partial charge in [-0.05, 0) is 66.3 Å². The fraction of sp³-hybridized carbons (Fsp3) is 0.189. The zero-order valence-electron chi connectivity index (χ0n) is 25.1. The molecule has 0 radical (unpaired) electrons. The Kier molecular flexibility index (Phi) is 13.5. The summed E-state index contributed by atoms with van der Waals surface area (Å²) >= 11 is 0. The molecule has 4 aromatic rings. The third-order valence-corrected chi connectivity index (χ3v) is 6.49. The molecule has 6 heteroatoms. The highest BCUT2D eigenvalue weighted by Gasteiger charge is 2.24. The fourth-order valence-electron chi connectivity index (χ4n) is 4.11. The van der Waals surface area contributed by atoms with Gasteiger partial charge in [-0.25, -0.2) is 17.6 Å². The third kappa shape index (κ3) is 9.74. The molecule has 0 spiro atoms. The lowest BCUT2D eigenvalue weighted by Crippen LogP contribution is -1.95. The van der Waals surface area contributed by atoms with Crippen LogP contribution >= 0.6 is 0 Å². The van der Waals surface area contributed by atoms with Gasteiger partial charge in [0.1, 0.15) is 17.9 Å². The predicted octanol–water partition coefficient (Wildman–Crippen LogP) is 10.1. The van der Waals surface area contributed by atoms with Crippen molar-refractivity contribution in [1.82, 2.24) is 0 Å². The smallest absolute Gasteiger partial charge is 0.189 e. The standard InChI is InChI=1S/C18H15FO.C9H8O.C8H7F3.C2H6/c1-11-3-6-16-14(7-11)10-15(18(16)20)8-13-5-4-12(2)17(19)9-13;1-2-8-3-5-9(7-10)6-4-8;1-2-5-3-7(10)8(11)4-6(5)9;1-2/h3-9H,10H2,1-2H3;2-7H,1H2;3-4H,2H2,1H3;1-2H3/b15-8+;;;. The summed E-state index contributed by atoms with van der Waals surface area (Å²) in [7, 11) is 0. The van der Waals surface area contributed by atoms with Crippen LogP contribution < -0.4 is 0 Å². The molecular formula is C37H36F4O2. The van der Waals surface area contributed by atoms with E-state index in [9.17, 15) is 27.2 Å². The number of aldehydes is 1. The number of aryl methyl sites for hydroxylation is 3. The van der Waals surface area contributed by atoms with Crippen LogP contribution in [0.5, 0.6) is 0 Å². The normalized spacial score (nSPS) is 12.1. The van der Waals surface area contributed by atoms with Crippen LogP contribution in [0, 0.1) is 37.1 Å². The van der Waals surface area contributed by atoms with Gasteiger partial charge >= 0.3 is 0 Å². The maximum absolute atomic E-state index is 13.6. The van der Waals surface area contributed by atoms with Crippen LogP contribution in [0.1, 0.15) is 74.9 Å². The largest absolute Gasteiger partial charge is 0.298 e. The fourth-order valence-corrected chi connectivity index (χ4v) is 4.11. The first-order valence-corrected chi connectivity index (χ1v) is 14.0. The molecule has 0 N–H and O–H groups in total. The highest BCUT2D eigenvalue weighted by atomic mass is 19.2. The summed E-state index contributed by atoms with van der Waals surface area (Å²) in [6.07, 6.45) is 5.36. The summed E-state index contributed by atoms with van der Waals surface area (Å²) in [6.45, 7) is 13.0. The number of hydrogen-bond acceptors (Lipinski definition) is 2. The first kappa shape index (κ1) is 34.6. The van der Waals surface area contributed by atoms with E-state index in [-0.39, 0.29) is 17.2 Å². The first-order chi connectivity index (χ1) is 20.6. The molecule has 5 rings (SSSR count). The van der Waals surface area contributed by atoms with Gasteiger partial charge in [0.15, 0.2) is 17.4 Å². The topological polar surface area (TPSA) is 34.1 Å². The van der Waals surface area contributed by atoms with Gasteiger partial charge in [0, 0.05) is 29.2 Å². The second-order valence-corrected chi connectivity index (χ2v) is 9.54. The van der Waals surface area contributed by atoms with Gasteiger partial charge in [-0.1, -0.05) is 93.6 Å². The minimum atomic E-state index is -1.14. The predicted molar refractivity (Wildman–Crippen MR) is 167 cm³/mol. The van der Waals surface area contributed by atoms with Gasteiger partial charge in [0.05, 0.1) is 0 Å². The molecule has 0 aromatic heterocycles. The van der Waals surface area contributed by atoms with Crippen LogP contribution in [0.15, 0.2) is 84.9 Å². The average molecular weight is 589 g/mol. The maximum Gasteiger partial charge on any atom is 0.189 e. The number of halogens is 4. The molecule has 0 aliphatic heterocycles. The Morgan fingerprint density at radius 2 is 1.35 bits per heavy atom. The lowest BCUT2D eigenvalue weighted by atomic mass is 10.1. The van der Waals surface area contributed by atoms with Crippen molar-refractivity contribution in [3.8, 4) is 0 Å². The van der Waals surface area contributed by atoms with E-state index >= 15 is 0 Å². The number of fused-ring (bicyclic) bond motifs is 1. The molecule has 4 aromatic carbocycles. The van der Waals surface area contributed by atoms with Crippen molar-refractivity contribution >= 4 is 24.2 Å². The number of benzene rings is 4. The number of carbonyl (C=O) groups is 2. The van der Waals surface area contributed by atoms with Crippen molar-refractivity contribution in [3.63, 3.8) is 0 Å². The van der Waals surface area contributed by atoms with Crippen molar-refractivity contribution in [3.05, 3.63) is 153 Å². The number of hydrogen-bond donors (Lipinski definition) is 0. The molecule has 1 aliphatic carbocycles. The Hall–Kier alpha value is -4.58. The average Bonchev–Trinajstić information content (AvgIpc) is 3.32. The van der Waals surface area contributed by atoms with Gasteiger partial charge in [-0.2, -0.15) is 0 Å². The number of Topliss-reactive ketones (excluding diaryl/α,β-unsaturated/α-hetero) is 1. The van der Waals surface area contributed by atoms with Gasteiger partial charge < -0.3 is 0 Å². The molecule has 1 aliphatic rings. The van der Waals surface area contributed by atoms with E-state index in [4.69, 9.17) is 0 Å². The summed E-state index contributed by atoms with van der Waals surface area (Å²) < 4.78 is 50.9. The van der Waals surface area contributed by atoms with E-state index in [0.717, 1.165) is 45.7 Å². The molecule has 0 saturated carbocycles. The molecular weight excluding hydrogens is 552 g/mol. The number of allylic oxidation sites excluding steroid dienone is 1. The summed E-state index contributed by atoms with van der Waals surface area (Å²) in [6, 6.07) is 19.6. The number of rotatable bonds is 4. The van der Waals surface area contributed by atoms with E-state index < -0.39 is 17.5 Å². The quantitative estimate of drug-likeness (QED) is 0.103. The van der Waals surface area contributed by atoms with Gasteiger partial charge in [0.25, 0.3) is 0 Å². The molecule has 0 atom stereocenters. The molecule has 0 heterocycles. The molecule has 224 valence electrons. The Balaban J connectivity index is 0.000000239. The van der Waals surface area contributed by atoms with Crippen LogP contribution in [0.2, 0.25) is 0 Å². The van der Waals surface area contributed by atoms with Crippen molar-refractivity contribution in [2.24, 2.45) is 0 Å².